The minimum absolute atomic E-state index is 0.00617. The minimum atomic E-state index is -1.42. The van der Waals surface area contributed by atoms with Gasteiger partial charge < -0.3 is 4.74 Å². The van der Waals surface area contributed by atoms with Crippen molar-refractivity contribution in [2.45, 2.75) is 37.9 Å². The first kappa shape index (κ1) is 17.1. The lowest BCUT2D eigenvalue weighted by Crippen LogP contribution is -2.33. The fourth-order valence-electron chi connectivity index (χ4n) is 2.41. The zero-order valence-electron chi connectivity index (χ0n) is 13.1. The summed E-state index contributed by atoms with van der Waals surface area (Å²) in [5.74, 6) is 0.467. The van der Waals surface area contributed by atoms with Crippen molar-refractivity contribution in [3.05, 3.63) is 28.9 Å². The maximum atomic E-state index is 11.6. The summed E-state index contributed by atoms with van der Waals surface area (Å²) < 4.78 is 16.5. The van der Waals surface area contributed by atoms with Crippen molar-refractivity contribution < 1.29 is 8.95 Å². The lowest BCUT2D eigenvalue weighted by atomic mass is 9.95. The van der Waals surface area contributed by atoms with Gasteiger partial charge in [0.2, 0.25) is 5.88 Å². The Morgan fingerprint density at radius 2 is 2.05 bits per heavy atom. The van der Waals surface area contributed by atoms with Crippen molar-refractivity contribution in [2.24, 2.45) is 5.14 Å². The van der Waals surface area contributed by atoms with Crippen LogP contribution in [0.3, 0.4) is 0 Å². The molecule has 0 bridgehead atoms. The van der Waals surface area contributed by atoms with E-state index >= 15 is 0 Å². The monoisotopic (exact) mass is 341 g/mol. The van der Waals surface area contributed by atoms with Crippen LogP contribution in [0, 0.1) is 0 Å². The van der Waals surface area contributed by atoms with Crippen molar-refractivity contribution >= 4 is 33.6 Å². The van der Waals surface area contributed by atoms with E-state index in [1.54, 1.807) is 25.3 Å². The Bertz CT molecular complexity index is 721. The molecule has 0 spiro atoms. The molecule has 2 aromatic rings. The van der Waals surface area contributed by atoms with Crippen LogP contribution in [-0.2, 0) is 11.0 Å². The molecule has 1 aromatic heterocycles. The predicted molar refractivity (Wildman–Crippen MR) is 90.5 cm³/mol. The number of halogens is 1. The molecule has 0 saturated carbocycles. The molecule has 2 N–H and O–H groups in total. The number of aromatic nitrogens is 2. The second kappa shape index (κ2) is 6.48. The number of hydrogen-bond donors (Lipinski definition) is 1. The summed E-state index contributed by atoms with van der Waals surface area (Å²) in [6.45, 7) is 5.74. The van der Waals surface area contributed by atoms with E-state index in [2.05, 4.69) is 9.97 Å². The second-order valence-corrected chi connectivity index (χ2v) is 8.05. The summed E-state index contributed by atoms with van der Waals surface area (Å²) in [5, 5.41) is 6.17. The molecule has 1 heterocycles. The predicted octanol–water partition coefficient (Wildman–Crippen LogP) is 3.19. The Morgan fingerprint density at radius 3 is 2.64 bits per heavy atom. The van der Waals surface area contributed by atoms with Crippen molar-refractivity contribution in [1.29, 1.82) is 0 Å². The summed E-state index contributed by atoms with van der Waals surface area (Å²) in [7, 11) is 0.144. The van der Waals surface area contributed by atoms with Gasteiger partial charge in [0.25, 0.3) is 0 Å². The fraction of sp³-hybridized carbons (Fsp3) is 0.467. The standard InChI is InChI=1S/C15H20ClN3O2S/c1-9(8-15(2,3)22(17)20)13-14(21-4)19-11-6-5-10(16)7-12(11)18-13/h5-7,9H,8,17H2,1-4H3/t9-,22?/m1/s1. The highest BCUT2D eigenvalue weighted by Crippen LogP contribution is 2.33. The van der Waals surface area contributed by atoms with Crippen LogP contribution in [-0.4, -0.2) is 26.0 Å². The molecule has 1 aromatic carbocycles. The molecular weight excluding hydrogens is 322 g/mol. The topological polar surface area (TPSA) is 78.1 Å². The van der Waals surface area contributed by atoms with Crippen LogP contribution in [0.4, 0.5) is 0 Å². The van der Waals surface area contributed by atoms with Crippen LogP contribution >= 0.6 is 11.6 Å². The molecule has 0 aliphatic heterocycles. The van der Waals surface area contributed by atoms with Gasteiger partial charge in [-0.15, -0.1) is 0 Å². The smallest absolute Gasteiger partial charge is 0.236 e. The van der Waals surface area contributed by atoms with Gasteiger partial charge in [0.05, 0.1) is 33.9 Å². The summed E-state index contributed by atoms with van der Waals surface area (Å²) in [6.07, 6.45) is 0.604. The zero-order chi connectivity index (χ0) is 16.5. The van der Waals surface area contributed by atoms with Crippen LogP contribution in [0.2, 0.25) is 5.02 Å². The Morgan fingerprint density at radius 1 is 1.36 bits per heavy atom. The van der Waals surface area contributed by atoms with E-state index in [0.29, 0.717) is 22.8 Å². The van der Waals surface area contributed by atoms with Gasteiger partial charge in [-0.1, -0.05) is 18.5 Å². The molecule has 7 heteroatoms. The summed E-state index contributed by atoms with van der Waals surface area (Å²) in [4.78, 5) is 9.12. The summed E-state index contributed by atoms with van der Waals surface area (Å²) >= 11 is 6.02. The van der Waals surface area contributed by atoms with Gasteiger partial charge in [-0.3, -0.25) is 5.14 Å². The van der Waals surface area contributed by atoms with E-state index in [1.807, 2.05) is 20.8 Å². The zero-order valence-corrected chi connectivity index (χ0v) is 14.7. The highest BCUT2D eigenvalue weighted by molar-refractivity contribution is 7.84. The van der Waals surface area contributed by atoms with Gasteiger partial charge in [-0.05, 0) is 38.5 Å². The van der Waals surface area contributed by atoms with Crippen LogP contribution in [0.25, 0.3) is 11.0 Å². The molecule has 2 rings (SSSR count). The molecule has 5 nitrogen and oxygen atoms in total. The van der Waals surface area contributed by atoms with E-state index in [1.165, 1.54) is 0 Å². The van der Waals surface area contributed by atoms with E-state index in [0.717, 1.165) is 11.2 Å². The first-order valence-corrected chi connectivity index (χ1v) is 8.51. The van der Waals surface area contributed by atoms with Gasteiger partial charge in [0.15, 0.2) is 0 Å². The molecule has 1 unspecified atom stereocenters. The number of nitrogens with two attached hydrogens (primary N) is 1. The first-order valence-electron chi connectivity index (χ1n) is 6.92. The van der Waals surface area contributed by atoms with Crippen molar-refractivity contribution in [3.8, 4) is 5.88 Å². The van der Waals surface area contributed by atoms with Gasteiger partial charge in [-0.2, -0.15) is 0 Å². The van der Waals surface area contributed by atoms with E-state index in [-0.39, 0.29) is 5.92 Å². The van der Waals surface area contributed by atoms with Crippen LogP contribution < -0.4 is 9.88 Å². The number of benzene rings is 1. The molecule has 0 amide bonds. The third-order valence-electron chi connectivity index (χ3n) is 3.62. The molecule has 0 aliphatic rings. The Labute approximate surface area is 137 Å². The second-order valence-electron chi connectivity index (χ2n) is 5.91. The van der Waals surface area contributed by atoms with E-state index in [9.17, 15) is 4.21 Å². The number of nitrogens with zero attached hydrogens (tertiary/aromatic N) is 2. The molecule has 0 saturated heterocycles. The molecule has 2 atom stereocenters. The third kappa shape index (κ3) is 3.56. The fourth-order valence-corrected chi connectivity index (χ4v) is 2.99. The number of hydrogen-bond acceptors (Lipinski definition) is 4. The lowest BCUT2D eigenvalue weighted by Gasteiger charge is -2.25. The van der Waals surface area contributed by atoms with Crippen molar-refractivity contribution in [1.82, 2.24) is 9.97 Å². The minimum Gasteiger partial charge on any atom is -0.480 e. The van der Waals surface area contributed by atoms with Crippen molar-refractivity contribution in [3.63, 3.8) is 0 Å². The molecule has 0 radical (unpaired) electrons. The van der Waals surface area contributed by atoms with Gasteiger partial charge >= 0.3 is 0 Å². The first-order chi connectivity index (χ1) is 10.2. The average Bonchev–Trinajstić information content (AvgIpc) is 2.45. The molecule has 22 heavy (non-hydrogen) atoms. The Balaban J connectivity index is 2.46. The Hall–Kier alpha value is -1.24. The third-order valence-corrected chi connectivity index (χ3v) is 5.11. The molecule has 0 aliphatic carbocycles. The largest absolute Gasteiger partial charge is 0.480 e. The summed E-state index contributed by atoms with van der Waals surface area (Å²) in [6, 6.07) is 5.34. The molecule has 0 fully saturated rings. The average molecular weight is 342 g/mol. The van der Waals surface area contributed by atoms with Crippen LogP contribution in [0.5, 0.6) is 5.88 Å². The lowest BCUT2D eigenvalue weighted by molar-refractivity contribution is 0.384. The van der Waals surface area contributed by atoms with Gasteiger partial charge in [0, 0.05) is 10.9 Å². The van der Waals surface area contributed by atoms with Crippen molar-refractivity contribution in [2.75, 3.05) is 7.11 Å². The highest BCUT2D eigenvalue weighted by Gasteiger charge is 2.29. The number of fused-ring (bicyclic) bond motifs is 1. The van der Waals surface area contributed by atoms with Gasteiger partial charge in [-0.25, -0.2) is 14.2 Å². The molecule has 120 valence electrons. The number of methoxy groups -OCH3 is 1. The molecular formula is C15H20ClN3O2S. The Kier molecular flexibility index (Phi) is 5.04. The number of rotatable bonds is 5. The van der Waals surface area contributed by atoms with Gasteiger partial charge in [0.1, 0.15) is 5.69 Å². The van der Waals surface area contributed by atoms with E-state index in [4.69, 9.17) is 21.5 Å². The maximum Gasteiger partial charge on any atom is 0.236 e. The van der Waals surface area contributed by atoms with Crippen LogP contribution in [0.15, 0.2) is 18.2 Å². The SMILES string of the molecule is COc1nc2ccc(Cl)cc2nc1[C@H](C)CC(C)(C)S(N)=O. The van der Waals surface area contributed by atoms with Crippen LogP contribution in [0.1, 0.15) is 38.8 Å². The van der Waals surface area contributed by atoms with E-state index < -0.39 is 15.7 Å². The number of ether oxygens (including phenoxy) is 1. The maximum absolute atomic E-state index is 11.6. The summed E-state index contributed by atoms with van der Waals surface area (Å²) in [5.41, 5.74) is 2.15. The quantitative estimate of drug-likeness (QED) is 0.905. The normalized spacial score (nSPS) is 14.8. The highest BCUT2D eigenvalue weighted by atomic mass is 35.5.